The molecule has 2 heterocycles. The lowest BCUT2D eigenvalue weighted by Crippen LogP contribution is -2.41. The molecule has 0 aliphatic carbocycles. The van der Waals surface area contributed by atoms with Crippen LogP contribution in [0.5, 0.6) is 0 Å². The molecule has 1 amide bonds. The molecule has 3 aromatic rings. The molecule has 138 valence electrons. The fraction of sp³-hybridized carbons (Fsp3) is 0.300. The largest absolute Gasteiger partial charge is 0.350 e. The maximum absolute atomic E-state index is 12.4. The van der Waals surface area contributed by atoms with Crippen molar-refractivity contribution in [1.29, 1.82) is 0 Å². The molecule has 4 rings (SSSR count). The number of fused-ring (bicyclic) bond motifs is 1. The summed E-state index contributed by atoms with van der Waals surface area (Å²) < 4.78 is 1.12. The van der Waals surface area contributed by atoms with Crippen LogP contribution in [0.2, 0.25) is 0 Å². The van der Waals surface area contributed by atoms with Crippen LogP contribution < -0.4 is 10.9 Å². The molecule has 1 aliphatic heterocycles. The molecule has 7 nitrogen and oxygen atoms in total. The number of likely N-dealkylation sites (tertiary alicyclic amines) is 1. The minimum absolute atomic E-state index is 0.0883. The lowest BCUT2D eigenvalue weighted by Gasteiger charge is -2.17. The van der Waals surface area contributed by atoms with E-state index in [9.17, 15) is 9.59 Å². The van der Waals surface area contributed by atoms with Crippen LogP contribution in [0.15, 0.2) is 59.4 Å². The number of carbonyl (C=O) groups is 1. The number of aromatic nitrogens is 3. The van der Waals surface area contributed by atoms with Crippen LogP contribution in [-0.4, -0.2) is 44.9 Å². The number of carbonyl (C=O) groups excluding carboxylic acids is 1. The van der Waals surface area contributed by atoms with Gasteiger partial charge in [-0.15, -0.1) is 5.10 Å². The third-order valence-corrected chi connectivity index (χ3v) is 4.81. The second-order valence-corrected chi connectivity index (χ2v) is 6.84. The van der Waals surface area contributed by atoms with E-state index < -0.39 is 0 Å². The van der Waals surface area contributed by atoms with Crippen molar-refractivity contribution in [2.75, 3.05) is 13.1 Å². The zero-order chi connectivity index (χ0) is 18.6. The molecule has 27 heavy (non-hydrogen) atoms. The Labute approximate surface area is 156 Å². The first kappa shape index (κ1) is 17.4. The van der Waals surface area contributed by atoms with E-state index in [1.165, 1.54) is 5.56 Å². The molecule has 0 saturated carbocycles. The highest BCUT2D eigenvalue weighted by molar-refractivity contribution is 5.78. The predicted molar refractivity (Wildman–Crippen MR) is 102 cm³/mol. The Morgan fingerprint density at radius 2 is 1.89 bits per heavy atom. The first-order valence-corrected chi connectivity index (χ1v) is 9.07. The van der Waals surface area contributed by atoms with Gasteiger partial charge in [0.25, 0.3) is 5.56 Å². The zero-order valence-electron chi connectivity index (χ0n) is 14.9. The lowest BCUT2D eigenvalue weighted by atomic mass is 10.2. The van der Waals surface area contributed by atoms with E-state index >= 15 is 0 Å². The second-order valence-electron chi connectivity index (χ2n) is 6.84. The van der Waals surface area contributed by atoms with Crippen LogP contribution in [-0.2, 0) is 17.9 Å². The van der Waals surface area contributed by atoms with Gasteiger partial charge < -0.3 is 5.32 Å². The summed E-state index contributed by atoms with van der Waals surface area (Å²) in [5, 5.41) is 11.4. The highest BCUT2D eigenvalue weighted by atomic mass is 16.2. The summed E-state index contributed by atoms with van der Waals surface area (Å²) in [5.41, 5.74) is 1.50. The van der Waals surface area contributed by atoms with Crippen LogP contribution in [0.1, 0.15) is 12.0 Å². The molecule has 0 radical (unpaired) electrons. The van der Waals surface area contributed by atoms with Gasteiger partial charge in [-0.05, 0) is 24.1 Å². The third kappa shape index (κ3) is 4.03. The van der Waals surface area contributed by atoms with Crippen LogP contribution in [0.4, 0.5) is 0 Å². The van der Waals surface area contributed by atoms with Gasteiger partial charge >= 0.3 is 0 Å². The zero-order valence-corrected chi connectivity index (χ0v) is 14.9. The summed E-state index contributed by atoms with van der Waals surface area (Å²) in [6.45, 7) is 2.50. The van der Waals surface area contributed by atoms with Gasteiger partial charge in [-0.3, -0.25) is 14.5 Å². The van der Waals surface area contributed by atoms with E-state index in [1.807, 2.05) is 18.2 Å². The first-order valence-electron chi connectivity index (χ1n) is 9.07. The second kappa shape index (κ2) is 7.67. The van der Waals surface area contributed by atoms with Crippen molar-refractivity contribution < 1.29 is 4.79 Å². The minimum Gasteiger partial charge on any atom is -0.350 e. The topological polar surface area (TPSA) is 80.1 Å². The van der Waals surface area contributed by atoms with Crippen molar-refractivity contribution in [3.05, 3.63) is 70.5 Å². The van der Waals surface area contributed by atoms with E-state index in [-0.39, 0.29) is 24.1 Å². The maximum atomic E-state index is 12.4. The Morgan fingerprint density at radius 3 is 2.74 bits per heavy atom. The number of hydrogen-bond acceptors (Lipinski definition) is 5. The fourth-order valence-electron chi connectivity index (χ4n) is 3.47. The molecular weight excluding hydrogens is 342 g/mol. The minimum atomic E-state index is -0.298. The summed E-state index contributed by atoms with van der Waals surface area (Å²) in [5.74, 6) is -0.215. The summed E-state index contributed by atoms with van der Waals surface area (Å²) in [6.07, 6.45) is 0.900. The summed E-state index contributed by atoms with van der Waals surface area (Å²) in [6, 6.07) is 17.4. The van der Waals surface area contributed by atoms with Gasteiger partial charge in [0, 0.05) is 25.7 Å². The molecule has 7 heteroatoms. The van der Waals surface area contributed by atoms with E-state index in [4.69, 9.17) is 0 Å². The van der Waals surface area contributed by atoms with E-state index in [0.29, 0.717) is 10.9 Å². The average molecular weight is 363 g/mol. The molecule has 1 aliphatic rings. The Morgan fingerprint density at radius 1 is 1.11 bits per heavy atom. The average Bonchev–Trinajstić information content (AvgIpc) is 3.11. The molecule has 1 N–H and O–H groups in total. The van der Waals surface area contributed by atoms with Gasteiger partial charge in [0.1, 0.15) is 12.1 Å². The lowest BCUT2D eigenvalue weighted by molar-refractivity contribution is -0.122. The molecule has 0 bridgehead atoms. The van der Waals surface area contributed by atoms with Crippen molar-refractivity contribution in [1.82, 2.24) is 25.2 Å². The molecule has 1 saturated heterocycles. The van der Waals surface area contributed by atoms with Crippen LogP contribution in [0.25, 0.3) is 10.9 Å². The first-order chi connectivity index (χ1) is 13.2. The monoisotopic (exact) mass is 363 g/mol. The van der Waals surface area contributed by atoms with Gasteiger partial charge in [0.15, 0.2) is 0 Å². The Balaban J connectivity index is 1.35. The van der Waals surface area contributed by atoms with Gasteiger partial charge in [0.05, 0.1) is 5.39 Å². The number of amides is 1. The number of nitrogens with one attached hydrogen (secondary N) is 1. The summed E-state index contributed by atoms with van der Waals surface area (Å²) in [7, 11) is 0. The molecule has 0 spiro atoms. The van der Waals surface area contributed by atoms with Crippen LogP contribution in [0, 0.1) is 0 Å². The molecule has 1 atom stereocenters. The quantitative estimate of drug-likeness (QED) is 0.736. The van der Waals surface area contributed by atoms with Crippen LogP contribution in [0.3, 0.4) is 0 Å². The summed E-state index contributed by atoms with van der Waals surface area (Å²) in [4.78, 5) is 27.1. The van der Waals surface area contributed by atoms with Gasteiger partial charge in [-0.2, -0.15) is 0 Å². The van der Waals surface area contributed by atoms with Crippen molar-refractivity contribution in [3.8, 4) is 0 Å². The van der Waals surface area contributed by atoms with Crippen molar-refractivity contribution >= 4 is 16.8 Å². The Kier molecular flexibility index (Phi) is 4.93. The molecule has 1 fully saturated rings. The maximum Gasteiger partial charge on any atom is 0.278 e. The predicted octanol–water partition coefficient (Wildman–Crippen LogP) is 1.18. The standard InChI is InChI=1S/C20H21N5O2/c26-19(14-25-20(27)17-8-4-5-9-18(17)22-23-25)21-16-10-11-24(13-16)12-15-6-2-1-3-7-15/h1-9,16H,10-14H2,(H,21,26)/t16-/m1/s1. The number of nitrogens with zero attached hydrogens (tertiary/aromatic N) is 4. The van der Waals surface area contributed by atoms with Gasteiger partial charge in [0.2, 0.25) is 5.91 Å². The fourth-order valence-corrected chi connectivity index (χ4v) is 3.47. The smallest absolute Gasteiger partial charge is 0.278 e. The van der Waals surface area contributed by atoms with Gasteiger partial charge in [-0.25, -0.2) is 4.68 Å². The molecule has 0 unspecified atom stereocenters. The molecule has 1 aromatic heterocycles. The Bertz CT molecular complexity index is 1000. The van der Waals surface area contributed by atoms with Crippen molar-refractivity contribution in [2.24, 2.45) is 0 Å². The van der Waals surface area contributed by atoms with Crippen molar-refractivity contribution in [2.45, 2.75) is 25.6 Å². The van der Waals surface area contributed by atoms with E-state index in [0.717, 1.165) is 30.7 Å². The number of rotatable bonds is 5. The SMILES string of the molecule is O=C(Cn1nnc2ccccc2c1=O)N[C@@H]1CCN(Cc2ccccc2)C1. The molecule has 2 aromatic carbocycles. The van der Waals surface area contributed by atoms with Crippen LogP contribution >= 0.6 is 0 Å². The van der Waals surface area contributed by atoms with Gasteiger partial charge in [-0.1, -0.05) is 47.7 Å². The third-order valence-electron chi connectivity index (χ3n) is 4.81. The summed E-state index contributed by atoms with van der Waals surface area (Å²) >= 11 is 0. The number of hydrogen-bond donors (Lipinski definition) is 1. The highest BCUT2D eigenvalue weighted by Gasteiger charge is 2.24. The molecular formula is C20H21N5O2. The normalized spacial score (nSPS) is 17.3. The van der Waals surface area contributed by atoms with E-state index in [2.05, 4.69) is 32.7 Å². The van der Waals surface area contributed by atoms with Crippen molar-refractivity contribution in [3.63, 3.8) is 0 Å². The number of benzene rings is 2. The van der Waals surface area contributed by atoms with E-state index in [1.54, 1.807) is 24.3 Å². The Hall–Kier alpha value is -3.06. The highest BCUT2D eigenvalue weighted by Crippen LogP contribution is 2.13.